The van der Waals surface area contributed by atoms with Crippen LogP contribution in [0.1, 0.15) is 32.1 Å². The van der Waals surface area contributed by atoms with Crippen molar-refractivity contribution in [2.75, 3.05) is 6.54 Å². The second-order valence-corrected chi connectivity index (χ2v) is 5.32. The number of fused-ring (bicyclic) bond motifs is 1. The maximum absolute atomic E-state index is 12.0. The van der Waals surface area contributed by atoms with Crippen molar-refractivity contribution in [3.63, 3.8) is 0 Å². The first-order valence-corrected chi connectivity index (χ1v) is 6.75. The maximum Gasteiger partial charge on any atom is 0.223 e. The summed E-state index contributed by atoms with van der Waals surface area (Å²) in [6.07, 6.45) is 10.0. The molecule has 1 aliphatic heterocycles. The van der Waals surface area contributed by atoms with Crippen molar-refractivity contribution in [3.8, 4) is 0 Å². The van der Waals surface area contributed by atoms with E-state index in [4.69, 9.17) is 0 Å². The molecule has 1 saturated heterocycles. The first kappa shape index (κ1) is 10.9. The number of carbonyl (C=O) groups is 1. The maximum atomic E-state index is 12.0. The van der Waals surface area contributed by atoms with Gasteiger partial charge in [0.1, 0.15) is 0 Å². The van der Waals surface area contributed by atoms with Crippen LogP contribution in [0.25, 0.3) is 0 Å². The summed E-state index contributed by atoms with van der Waals surface area (Å²) in [5.41, 5.74) is 0. The van der Waals surface area contributed by atoms with E-state index in [2.05, 4.69) is 21.9 Å². The lowest BCUT2D eigenvalue weighted by atomic mass is 9.85. The monoisotopic (exact) mass is 232 g/mol. The van der Waals surface area contributed by atoms with E-state index in [0.717, 1.165) is 19.5 Å². The van der Waals surface area contributed by atoms with Gasteiger partial charge in [-0.3, -0.25) is 4.79 Å². The molecule has 0 aromatic carbocycles. The summed E-state index contributed by atoms with van der Waals surface area (Å²) in [5, 5.41) is 0. The molecule has 1 aromatic heterocycles. The summed E-state index contributed by atoms with van der Waals surface area (Å²) in [6.45, 7) is 1.82. The molecule has 3 heteroatoms. The van der Waals surface area contributed by atoms with Gasteiger partial charge in [0.15, 0.2) is 0 Å². The van der Waals surface area contributed by atoms with Gasteiger partial charge in [-0.25, -0.2) is 0 Å². The summed E-state index contributed by atoms with van der Waals surface area (Å²) in [7, 11) is 0. The van der Waals surface area contributed by atoms with E-state index in [0.29, 0.717) is 17.9 Å². The summed E-state index contributed by atoms with van der Waals surface area (Å²) in [4.78, 5) is 14.2. The normalized spacial score (nSPS) is 28.5. The Balaban J connectivity index is 1.63. The van der Waals surface area contributed by atoms with Gasteiger partial charge in [0.2, 0.25) is 5.91 Å². The van der Waals surface area contributed by atoms with Crippen LogP contribution in [0, 0.1) is 5.92 Å². The lowest BCUT2D eigenvalue weighted by molar-refractivity contribution is -0.129. The molecule has 0 bridgehead atoms. The summed E-state index contributed by atoms with van der Waals surface area (Å²) in [5.74, 6) is 1.04. The molecule has 2 heterocycles. The number of rotatable bonds is 3. The molecule has 1 aliphatic carbocycles. The van der Waals surface area contributed by atoms with Crippen molar-refractivity contribution < 1.29 is 4.79 Å². The fraction of sp³-hybridized carbons (Fsp3) is 0.643. The van der Waals surface area contributed by atoms with Gasteiger partial charge in [-0.15, -0.1) is 0 Å². The number of nitrogens with zero attached hydrogens (tertiary/aromatic N) is 2. The quantitative estimate of drug-likeness (QED) is 0.785. The van der Waals surface area contributed by atoms with Crippen LogP contribution in [-0.4, -0.2) is 28.0 Å². The predicted octanol–water partition coefficient (Wildman–Crippen LogP) is 2.28. The van der Waals surface area contributed by atoms with Crippen LogP contribution in [0.3, 0.4) is 0 Å². The van der Waals surface area contributed by atoms with Crippen LogP contribution in [0.4, 0.5) is 0 Å². The number of carbonyl (C=O) groups excluding carboxylic acids is 1. The molecule has 3 nitrogen and oxygen atoms in total. The third kappa shape index (κ3) is 2.11. The molecule has 2 atom stereocenters. The van der Waals surface area contributed by atoms with Gasteiger partial charge >= 0.3 is 0 Å². The van der Waals surface area contributed by atoms with E-state index in [1.165, 1.54) is 25.7 Å². The average molecular weight is 232 g/mol. The van der Waals surface area contributed by atoms with Crippen molar-refractivity contribution in [1.82, 2.24) is 9.47 Å². The Kier molecular flexibility index (Phi) is 2.91. The Bertz CT molecular complexity index is 385. The molecular formula is C14H20N2O. The summed E-state index contributed by atoms with van der Waals surface area (Å²) >= 11 is 0. The molecule has 1 amide bonds. The fourth-order valence-corrected chi connectivity index (χ4v) is 3.40. The predicted molar refractivity (Wildman–Crippen MR) is 66.5 cm³/mol. The Hall–Kier alpha value is -1.25. The topological polar surface area (TPSA) is 25.2 Å². The molecule has 2 unspecified atom stereocenters. The summed E-state index contributed by atoms with van der Waals surface area (Å²) in [6, 6.07) is 4.62. The lowest BCUT2D eigenvalue weighted by Crippen LogP contribution is -2.38. The standard InChI is InChI=1S/C14H20N2O/c17-14-11-12-5-1-2-6-13(12)16(14)10-9-15-7-3-4-8-15/h3-4,7-8,12-13H,1-2,5-6,9-11H2. The second-order valence-electron chi connectivity index (χ2n) is 5.32. The third-order valence-electron chi connectivity index (χ3n) is 4.29. The molecule has 1 saturated carbocycles. The smallest absolute Gasteiger partial charge is 0.223 e. The Morgan fingerprint density at radius 3 is 2.71 bits per heavy atom. The molecule has 17 heavy (non-hydrogen) atoms. The summed E-state index contributed by atoms with van der Waals surface area (Å²) < 4.78 is 2.16. The van der Waals surface area contributed by atoms with Crippen LogP contribution < -0.4 is 0 Å². The molecule has 3 rings (SSSR count). The zero-order chi connectivity index (χ0) is 11.7. The molecular weight excluding hydrogens is 212 g/mol. The van der Waals surface area contributed by atoms with Gasteiger partial charge < -0.3 is 9.47 Å². The van der Waals surface area contributed by atoms with E-state index in [1.54, 1.807) is 0 Å². The highest BCUT2D eigenvalue weighted by molar-refractivity contribution is 5.79. The van der Waals surface area contributed by atoms with Crippen molar-refractivity contribution in [2.45, 2.75) is 44.7 Å². The second kappa shape index (κ2) is 4.55. The zero-order valence-corrected chi connectivity index (χ0v) is 10.2. The highest BCUT2D eigenvalue weighted by Crippen LogP contribution is 2.36. The van der Waals surface area contributed by atoms with Crippen molar-refractivity contribution in [1.29, 1.82) is 0 Å². The fourth-order valence-electron chi connectivity index (χ4n) is 3.40. The van der Waals surface area contributed by atoms with E-state index in [1.807, 2.05) is 12.1 Å². The Morgan fingerprint density at radius 2 is 1.88 bits per heavy atom. The van der Waals surface area contributed by atoms with Crippen LogP contribution in [0.5, 0.6) is 0 Å². The van der Waals surface area contributed by atoms with Crippen molar-refractivity contribution in [3.05, 3.63) is 24.5 Å². The van der Waals surface area contributed by atoms with Gasteiger partial charge in [0, 0.05) is 37.9 Å². The minimum absolute atomic E-state index is 0.383. The first-order valence-electron chi connectivity index (χ1n) is 6.75. The van der Waals surface area contributed by atoms with Gasteiger partial charge in [0.25, 0.3) is 0 Å². The van der Waals surface area contributed by atoms with E-state index in [9.17, 15) is 4.79 Å². The van der Waals surface area contributed by atoms with Crippen molar-refractivity contribution in [2.24, 2.45) is 5.92 Å². The first-order chi connectivity index (χ1) is 8.34. The number of aromatic nitrogens is 1. The van der Waals surface area contributed by atoms with Gasteiger partial charge in [0.05, 0.1) is 0 Å². The highest BCUT2D eigenvalue weighted by atomic mass is 16.2. The third-order valence-corrected chi connectivity index (χ3v) is 4.29. The number of hydrogen-bond donors (Lipinski definition) is 0. The highest BCUT2D eigenvalue weighted by Gasteiger charge is 2.40. The van der Waals surface area contributed by atoms with E-state index >= 15 is 0 Å². The van der Waals surface area contributed by atoms with Crippen LogP contribution >= 0.6 is 0 Å². The molecule has 0 spiro atoms. The number of amides is 1. The SMILES string of the molecule is O=C1CC2CCCCC2N1CCn1cccc1. The number of likely N-dealkylation sites (tertiary alicyclic amines) is 1. The average Bonchev–Trinajstić information content (AvgIpc) is 2.93. The largest absolute Gasteiger partial charge is 0.352 e. The van der Waals surface area contributed by atoms with Crippen molar-refractivity contribution >= 4 is 5.91 Å². The minimum atomic E-state index is 0.383. The Labute approximate surface area is 102 Å². The molecule has 2 aliphatic rings. The minimum Gasteiger partial charge on any atom is -0.352 e. The molecule has 2 fully saturated rings. The molecule has 0 N–H and O–H groups in total. The van der Waals surface area contributed by atoms with E-state index in [-0.39, 0.29) is 0 Å². The molecule has 1 aromatic rings. The number of hydrogen-bond acceptors (Lipinski definition) is 1. The molecule has 92 valence electrons. The van der Waals surface area contributed by atoms with Gasteiger partial charge in [-0.05, 0) is 30.9 Å². The lowest BCUT2D eigenvalue weighted by Gasteiger charge is -2.31. The van der Waals surface area contributed by atoms with Crippen LogP contribution in [0.2, 0.25) is 0 Å². The van der Waals surface area contributed by atoms with Gasteiger partial charge in [-0.2, -0.15) is 0 Å². The Morgan fingerprint density at radius 1 is 1.12 bits per heavy atom. The van der Waals surface area contributed by atoms with Crippen LogP contribution in [0.15, 0.2) is 24.5 Å². The van der Waals surface area contributed by atoms with E-state index < -0.39 is 0 Å². The zero-order valence-electron chi connectivity index (χ0n) is 10.2. The van der Waals surface area contributed by atoms with Gasteiger partial charge in [-0.1, -0.05) is 12.8 Å². The molecule has 0 radical (unpaired) electrons. The van der Waals surface area contributed by atoms with Crippen LogP contribution in [-0.2, 0) is 11.3 Å².